The molecule has 0 aliphatic heterocycles. The fourth-order valence-corrected chi connectivity index (χ4v) is 2.31. The second kappa shape index (κ2) is 10.2. The fraction of sp³-hybridized carbons (Fsp3) is 0.611. The molecule has 0 amide bonds. The Kier molecular flexibility index (Phi) is 7.91. The van der Waals surface area contributed by atoms with Crippen LogP contribution in [0.2, 0.25) is 0 Å². The summed E-state index contributed by atoms with van der Waals surface area (Å²) in [5.41, 5.74) is 0.936. The van der Waals surface area contributed by atoms with Gasteiger partial charge in [0.15, 0.2) is 5.96 Å². The third-order valence-electron chi connectivity index (χ3n) is 3.92. The van der Waals surface area contributed by atoms with Crippen LogP contribution in [0.5, 0.6) is 5.75 Å². The Labute approximate surface area is 148 Å². The molecule has 1 aromatic rings. The molecule has 0 saturated heterocycles. The second-order valence-corrected chi connectivity index (χ2v) is 6.19. The normalized spacial score (nSPS) is 14.7. The average Bonchev–Trinajstić information content (AvgIpc) is 3.42. The van der Waals surface area contributed by atoms with Crippen LogP contribution in [0.15, 0.2) is 29.3 Å². The van der Waals surface area contributed by atoms with Gasteiger partial charge >= 0.3 is 0 Å². The lowest BCUT2D eigenvalue weighted by atomic mass is 10.2. The molecule has 0 atom stereocenters. The first-order valence-electron chi connectivity index (χ1n) is 8.58. The maximum atomic E-state index is 12.2. The van der Waals surface area contributed by atoms with Crippen LogP contribution in [0.1, 0.15) is 18.4 Å². The van der Waals surface area contributed by atoms with Gasteiger partial charge in [-0.05, 0) is 36.5 Å². The summed E-state index contributed by atoms with van der Waals surface area (Å²) >= 11 is 0. The summed E-state index contributed by atoms with van der Waals surface area (Å²) in [5.74, 6) is 1.97. The molecule has 1 aromatic carbocycles. The zero-order valence-electron chi connectivity index (χ0n) is 14.9. The second-order valence-electron chi connectivity index (χ2n) is 6.19. The third-order valence-corrected chi connectivity index (χ3v) is 3.92. The summed E-state index contributed by atoms with van der Waals surface area (Å²) in [7, 11) is 3.68. The molecule has 1 aliphatic rings. The van der Waals surface area contributed by atoms with E-state index in [0.717, 1.165) is 30.6 Å². The molecule has 2 rings (SSSR count). The number of ether oxygens (including phenoxy) is 2. The van der Waals surface area contributed by atoms with Crippen molar-refractivity contribution in [3.63, 3.8) is 0 Å². The number of alkyl halides is 2. The molecule has 0 radical (unpaired) electrons. The molecule has 0 heterocycles. The lowest BCUT2D eigenvalue weighted by Crippen LogP contribution is -2.40. The topological polar surface area (TPSA) is 46.1 Å². The number of hydrogen-bond acceptors (Lipinski definition) is 3. The number of aliphatic imine (C=N–C) groups is 1. The summed E-state index contributed by atoms with van der Waals surface area (Å²) < 4.78 is 35.1. The Bertz CT molecular complexity index is 551. The van der Waals surface area contributed by atoms with Gasteiger partial charge in [0.1, 0.15) is 12.4 Å². The van der Waals surface area contributed by atoms with Gasteiger partial charge in [0.2, 0.25) is 0 Å². The first kappa shape index (κ1) is 19.4. The minimum Gasteiger partial charge on any atom is -0.488 e. The van der Waals surface area contributed by atoms with Gasteiger partial charge in [0, 0.05) is 33.8 Å². The monoisotopic (exact) mass is 355 g/mol. The van der Waals surface area contributed by atoms with Crippen molar-refractivity contribution >= 4 is 5.96 Å². The number of benzene rings is 1. The number of halogens is 2. The lowest BCUT2D eigenvalue weighted by molar-refractivity contribution is 0.0818. The molecule has 0 bridgehead atoms. The maximum Gasteiger partial charge on any atom is 0.272 e. The molecule has 25 heavy (non-hydrogen) atoms. The van der Waals surface area contributed by atoms with Crippen molar-refractivity contribution in [2.24, 2.45) is 10.9 Å². The van der Waals surface area contributed by atoms with E-state index in [4.69, 9.17) is 9.47 Å². The quantitative estimate of drug-likeness (QED) is 0.398. The van der Waals surface area contributed by atoms with Crippen LogP contribution < -0.4 is 10.1 Å². The van der Waals surface area contributed by atoms with E-state index < -0.39 is 13.0 Å². The standard InChI is InChI=1S/C18H27F2N3O2/c1-21-18(23(2)8-9-24-12-14-6-7-14)22-11-15-4-3-5-16(10-15)25-13-17(19)20/h3-5,10,14,17H,6-9,11-13H2,1-2H3,(H,21,22). The molecule has 5 nitrogen and oxygen atoms in total. The van der Waals surface area contributed by atoms with Gasteiger partial charge in [0.25, 0.3) is 6.43 Å². The summed E-state index contributed by atoms with van der Waals surface area (Å²) in [6, 6.07) is 7.12. The molecule has 1 fully saturated rings. The number of hydrogen-bond donors (Lipinski definition) is 1. The van der Waals surface area contributed by atoms with Crippen LogP contribution >= 0.6 is 0 Å². The minimum atomic E-state index is -2.48. The molecule has 1 saturated carbocycles. The highest BCUT2D eigenvalue weighted by Crippen LogP contribution is 2.28. The molecule has 1 N–H and O–H groups in total. The van der Waals surface area contributed by atoms with E-state index in [-0.39, 0.29) is 0 Å². The van der Waals surface area contributed by atoms with Crippen LogP contribution in [-0.2, 0) is 11.3 Å². The van der Waals surface area contributed by atoms with Crippen LogP contribution in [0.3, 0.4) is 0 Å². The molecule has 1 aliphatic carbocycles. The number of likely N-dealkylation sites (N-methyl/N-ethyl adjacent to an activating group) is 1. The summed E-state index contributed by atoms with van der Waals surface area (Å²) in [5, 5.41) is 3.26. The third kappa shape index (κ3) is 7.69. The van der Waals surface area contributed by atoms with E-state index in [1.165, 1.54) is 12.8 Å². The lowest BCUT2D eigenvalue weighted by Gasteiger charge is -2.22. The molecule has 0 spiro atoms. The van der Waals surface area contributed by atoms with Crippen molar-refractivity contribution < 1.29 is 18.3 Å². The molecule has 0 unspecified atom stereocenters. The Morgan fingerprint density at radius 1 is 1.40 bits per heavy atom. The highest BCUT2D eigenvalue weighted by atomic mass is 19.3. The van der Waals surface area contributed by atoms with Crippen molar-refractivity contribution in [2.45, 2.75) is 25.8 Å². The highest BCUT2D eigenvalue weighted by molar-refractivity contribution is 5.79. The first-order chi connectivity index (χ1) is 12.1. The summed E-state index contributed by atoms with van der Waals surface area (Å²) in [4.78, 5) is 6.26. The van der Waals surface area contributed by atoms with E-state index in [9.17, 15) is 8.78 Å². The first-order valence-corrected chi connectivity index (χ1v) is 8.58. The molecular formula is C18H27F2N3O2. The maximum absolute atomic E-state index is 12.2. The SMILES string of the molecule is CN=C(NCc1cccc(OCC(F)F)c1)N(C)CCOCC1CC1. The predicted molar refractivity (Wildman–Crippen MR) is 94.3 cm³/mol. The van der Waals surface area contributed by atoms with Gasteiger partial charge < -0.3 is 19.7 Å². The van der Waals surface area contributed by atoms with E-state index in [0.29, 0.717) is 18.9 Å². The van der Waals surface area contributed by atoms with Crippen LogP contribution in [0, 0.1) is 5.92 Å². The smallest absolute Gasteiger partial charge is 0.272 e. The van der Waals surface area contributed by atoms with E-state index >= 15 is 0 Å². The number of guanidine groups is 1. The van der Waals surface area contributed by atoms with Gasteiger partial charge in [-0.15, -0.1) is 0 Å². The molecular weight excluding hydrogens is 328 g/mol. The van der Waals surface area contributed by atoms with Crippen molar-refractivity contribution in [1.29, 1.82) is 0 Å². The van der Waals surface area contributed by atoms with Gasteiger partial charge in [0.05, 0.1) is 6.61 Å². The Morgan fingerprint density at radius 2 is 2.20 bits per heavy atom. The van der Waals surface area contributed by atoms with Gasteiger partial charge in [-0.2, -0.15) is 0 Å². The Balaban J connectivity index is 1.74. The van der Waals surface area contributed by atoms with Gasteiger partial charge in [-0.25, -0.2) is 8.78 Å². The minimum absolute atomic E-state index is 0.441. The van der Waals surface area contributed by atoms with E-state index in [2.05, 4.69) is 10.3 Å². The molecule has 7 heteroatoms. The Hall–Kier alpha value is -1.89. The highest BCUT2D eigenvalue weighted by Gasteiger charge is 2.21. The zero-order valence-corrected chi connectivity index (χ0v) is 14.9. The zero-order chi connectivity index (χ0) is 18.1. The number of rotatable bonds is 10. The van der Waals surface area contributed by atoms with Crippen LogP contribution in [0.25, 0.3) is 0 Å². The average molecular weight is 355 g/mol. The van der Waals surface area contributed by atoms with E-state index in [1.807, 2.05) is 18.0 Å². The van der Waals surface area contributed by atoms with Crippen molar-refractivity contribution in [1.82, 2.24) is 10.2 Å². The fourth-order valence-electron chi connectivity index (χ4n) is 2.31. The largest absolute Gasteiger partial charge is 0.488 e. The number of nitrogens with zero attached hydrogens (tertiary/aromatic N) is 2. The Morgan fingerprint density at radius 3 is 2.88 bits per heavy atom. The van der Waals surface area contributed by atoms with Crippen molar-refractivity contribution in [2.75, 3.05) is 40.5 Å². The van der Waals surface area contributed by atoms with E-state index in [1.54, 1.807) is 25.2 Å². The van der Waals surface area contributed by atoms with Crippen LogP contribution in [-0.4, -0.2) is 57.7 Å². The molecule has 140 valence electrons. The summed E-state index contributed by atoms with van der Waals surface area (Å²) in [6.07, 6.45) is 0.106. The van der Waals surface area contributed by atoms with Gasteiger partial charge in [-0.1, -0.05) is 12.1 Å². The van der Waals surface area contributed by atoms with Crippen molar-refractivity contribution in [3.8, 4) is 5.75 Å². The summed E-state index contributed by atoms with van der Waals surface area (Å²) in [6.45, 7) is 2.22. The van der Waals surface area contributed by atoms with Crippen molar-refractivity contribution in [3.05, 3.63) is 29.8 Å². The number of nitrogens with one attached hydrogen (secondary N) is 1. The molecule has 0 aromatic heterocycles. The van der Waals surface area contributed by atoms with Crippen LogP contribution in [0.4, 0.5) is 8.78 Å². The predicted octanol–water partition coefficient (Wildman–Crippen LogP) is 2.76. The van der Waals surface area contributed by atoms with Gasteiger partial charge in [-0.3, -0.25) is 4.99 Å².